The standard InChI is InChI=1S/C25H31NO6/c1-3-13-26(19-5-4-6-21(16-19)31-15-14-27)23-22(29)17-25(2,32-24(23)30)12-11-18-7-9-20(28)10-8-18/h4-10,16,27-29H,3,11-15,17H2,1-2H3. The molecule has 32 heavy (non-hydrogen) atoms. The number of ether oxygens (including phenoxy) is 2. The lowest BCUT2D eigenvalue weighted by atomic mass is 9.90. The number of aromatic hydroxyl groups is 1. The van der Waals surface area contributed by atoms with E-state index >= 15 is 0 Å². The molecule has 172 valence electrons. The van der Waals surface area contributed by atoms with Gasteiger partial charge in [0.15, 0.2) is 5.70 Å². The van der Waals surface area contributed by atoms with Crippen LogP contribution in [0.5, 0.6) is 11.5 Å². The van der Waals surface area contributed by atoms with Crippen molar-refractivity contribution in [3.05, 3.63) is 65.6 Å². The van der Waals surface area contributed by atoms with Crippen molar-refractivity contribution < 1.29 is 29.6 Å². The summed E-state index contributed by atoms with van der Waals surface area (Å²) in [5.74, 6) is 0.221. The minimum Gasteiger partial charge on any atom is -0.510 e. The summed E-state index contributed by atoms with van der Waals surface area (Å²) < 4.78 is 11.3. The molecule has 0 aromatic heterocycles. The Labute approximate surface area is 188 Å². The zero-order chi connectivity index (χ0) is 23.1. The van der Waals surface area contributed by atoms with Crippen molar-refractivity contribution in [1.29, 1.82) is 0 Å². The van der Waals surface area contributed by atoms with E-state index in [1.165, 1.54) is 0 Å². The van der Waals surface area contributed by atoms with Crippen molar-refractivity contribution in [2.24, 2.45) is 0 Å². The molecule has 0 aliphatic carbocycles. The van der Waals surface area contributed by atoms with Gasteiger partial charge in [-0.1, -0.05) is 25.1 Å². The van der Waals surface area contributed by atoms with Gasteiger partial charge in [0.1, 0.15) is 29.5 Å². The summed E-state index contributed by atoms with van der Waals surface area (Å²) in [5.41, 5.74) is 1.04. The van der Waals surface area contributed by atoms with E-state index in [2.05, 4.69) is 0 Å². The second-order valence-corrected chi connectivity index (χ2v) is 8.20. The van der Waals surface area contributed by atoms with Crippen LogP contribution in [0.1, 0.15) is 38.7 Å². The molecule has 0 saturated heterocycles. The molecule has 7 heteroatoms. The topological polar surface area (TPSA) is 99.5 Å². The first-order valence-electron chi connectivity index (χ1n) is 10.9. The number of carbonyl (C=O) groups excluding carboxylic acids is 1. The molecule has 0 fully saturated rings. The van der Waals surface area contributed by atoms with Crippen LogP contribution in [0.4, 0.5) is 5.69 Å². The van der Waals surface area contributed by atoms with Gasteiger partial charge in [-0.2, -0.15) is 0 Å². The predicted molar refractivity (Wildman–Crippen MR) is 122 cm³/mol. The van der Waals surface area contributed by atoms with Crippen molar-refractivity contribution in [1.82, 2.24) is 0 Å². The maximum Gasteiger partial charge on any atom is 0.359 e. The monoisotopic (exact) mass is 441 g/mol. The molecule has 0 saturated carbocycles. The molecule has 3 rings (SSSR count). The number of esters is 1. The van der Waals surface area contributed by atoms with Gasteiger partial charge >= 0.3 is 5.97 Å². The number of phenols is 1. The first-order valence-corrected chi connectivity index (χ1v) is 10.9. The van der Waals surface area contributed by atoms with Crippen LogP contribution in [0.3, 0.4) is 0 Å². The molecule has 7 nitrogen and oxygen atoms in total. The molecule has 2 aromatic carbocycles. The summed E-state index contributed by atoms with van der Waals surface area (Å²) in [5, 5.41) is 29.4. The highest BCUT2D eigenvalue weighted by molar-refractivity contribution is 5.94. The maximum absolute atomic E-state index is 13.0. The smallest absolute Gasteiger partial charge is 0.359 e. The van der Waals surface area contributed by atoms with E-state index in [9.17, 15) is 15.0 Å². The summed E-state index contributed by atoms with van der Waals surface area (Å²) in [6.45, 7) is 4.41. The molecule has 2 aromatic rings. The van der Waals surface area contributed by atoms with Crippen LogP contribution in [0.2, 0.25) is 0 Å². The van der Waals surface area contributed by atoms with Crippen LogP contribution < -0.4 is 9.64 Å². The Morgan fingerprint density at radius 3 is 2.56 bits per heavy atom. The second kappa shape index (κ2) is 10.4. The van der Waals surface area contributed by atoms with E-state index in [1.807, 2.05) is 32.0 Å². The minimum absolute atomic E-state index is 0.00425. The van der Waals surface area contributed by atoms with Gasteiger partial charge in [-0.05, 0) is 56.0 Å². The molecule has 0 bridgehead atoms. The Morgan fingerprint density at radius 1 is 1.16 bits per heavy atom. The molecule has 1 unspecified atom stereocenters. The van der Waals surface area contributed by atoms with Crippen molar-refractivity contribution in [2.45, 2.75) is 45.1 Å². The number of cyclic esters (lactones) is 1. The Hall–Kier alpha value is -3.19. The molecule has 0 radical (unpaired) electrons. The number of carbonyl (C=O) groups is 1. The second-order valence-electron chi connectivity index (χ2n) is 8.20. The molecule has 1 aliphatic rings. The molecule has 3 N–H and O–H groups in total. The van der Waals surface area contributed by atoms with Crippen molar-refractivity contribution in [2.75, 3.05) is 24.7 Å². The Morgan fingerprint density at radius 2 is 1.91 bits per heavy atom. The predicted octanol–water partition coefficient (Wildman–Crippen LogP) is 4.09. The molecule has 1 heterocycles. The number of anilines is 1. The molecular formula is C25H31NO6. The quantitative estimate of drug-likeness (QED) is 0.478. The lowest BCUT2D eigenvalue weighted by Gasteiger charge is -2.37. The van der Waals surface area contributed by atoms with Gasteiger partial charge in [0, 0.05) is 24.7 Å². The van der Waals surface area contributed by atoms with Crippen LogP contribution in [-0.4, -0.2) is 46.6 Å². The first-order chi connectivity index (χ1) is 15.3. The number of phenolic OH excluding ortho intramolecular Hbond substituents is 1. The van der Waals surface area contributed by atoms with E-state index in [0.29, 0.717) is 30.8 Å². The van der Waals surface area contributed by atoms with Gasteiger partial charge in [-0.25, -0.2) is 4.79 Å². The molecule has 0 amide bonds. The van der Waals surface area contributed by atoms with Crippen molar-refractivity contribution in [3.8, 4) is 11.5 Å². The number of nitrogens with zero attached hydrogens (tertiary/aromatic N) is 1. The zero-order valence-corrected chi connectivity index (χ0v) is 18.6. The van der Waals surface area contributed by atoms with E-state index < -0.39 is 11.6 Å². The number of rotatable bonds is 10. The van der Waals surface area contributed by atoms with Crippen LogP contribution in [-0.2, 0) is 16.0 Å². The van der Waals surface area contributed by atoms with Gasteiger partial charge in [-0.15, -0.1) is 0 Å². The molecular weight excluding hydrogens is 410 g/mol. The van der Waals surface area contributed by atoms with Crippen molar-refractivity contribution >= 4 is 11.7 Å². The normalized spacial score (nSPS) is 18.4. The molecule has 1 atom stereocenters. The van der Waals surface area contributed by atoms with Gasteiger partial charge in [0.2, 0.25) is 0 Å². The van der Waals surface area contributed by atoms with Gasteiger partial charge in [0.05, 0.1) is 6.61 Å². The third-order valence-corrected chi connectivity index (χ3v) is 5.43. The minimum atomic E-state index is -0.827. The summed E-state index contributed by atoms with van der Waals surface area (Å²) >= 11 is 0. The fourth-order valence-corrected chi connectivity index (χ4v) is 3.84. The highest BCUT2D eigenvalue weighted by atomic mass is 16.6. The summed E-state index contributed by atoms with van der Waals surface area (Å²) in [6.07, 6.45) is 2.16. The summed E-state index contributed by atoms with van der Waals surface area (Å²) in [6, 6.07) is 14.1. The highest BCUT2D eigenvalue weighted by Crippen LogP contribution is 2.36. The fraction of sp³-hybridized carbons (Fsp3) is 0.400. The first kappa shape index (κ1) is 23.5. The molecule has 1 aliphatic heterocycles. The van der Waals surface area contributed by atoms with Crippen LogP contribution in [0.15, 0.2) is 60.0 Å². The lowest BCUT2D eigenvalue weighted by Crippen LogP contribution is -2.43. The number of aliphatic hydroxyl groups is 2. The number of hydrogen-bond donors (Lipinski definition) is 3. The average molecular weight is 442 g/mol. The van der Waals surface area contributed by atoms with E-state index in [-0.39, 0.29) is 36.8 Å². The zero-order valence-electron chi connectivity index (χ0n) is 18.6. The summed E-state index contributed by atoms with van der Waals surface area (Å²) in [7, 11) is 0. The number of hydrogen-bond acceptors (Lipinski definition) is 7. The Bertz CT molecular complexity index is 955. The van der Waals surface area contributed by atoms with Crippen LogP contribution in [0, 0.1) is 0 Å². The van der Waals surface area contributed by atoms with Crippen molar-refractivity contribution in [3.63, 3.8) is 0 Å². The average Bonchev–Trinajstić information content (AvgIpc) is 2.76. The van der Waals surface area contributed by atoms with E-state index in [1.54, 1.807) is 35.2 Å². The Balaban J connectivity index is 1.81. The fourth-order valence-electron chi connectivity index (χ4n) is 3.84. The lowest BCUT2D eigenvalue weighted by molar-refractivity contribution is -0.157. The van der Waals surface area contributed by atoms with Crippen LogP contribution >= 0.6 is 0 Å². The van der Waals surface area contributed by atoms with Gasteiger partial charge in [0.25, 0.3) is 0 Å². The van der Waals surface area contributed by atoms with Gasteiger partial charge < -0.3 is 29.7 Å². The maximum atomic E-state index is 13.0. The SMILES string of the molecule is CCCN(C1=C(O)CC(C)(CCc2ccc(O)cc2)OC1=O)c1cccc(OCCO)c1. The van der Waals surface area contributed by atoms with Gasteiger partial charge in [-0.3, -0.25) is 0 Å². The number of aliphatic hydroxyl groups excluding tert-OH is 2. The number of aryl methyl sites for hydroxylation is 1. The van der Waals surface area contributed by atoms with Crippen LogP contribution in [0.25, 0.3) is 0 Å². The highest BCUT2D eigenvalue weighted by Gasteiger charge is 2.40. The van der Waals surface area contributed by atoms with E-state index in [4.69, 9.17) is 14.6 Å². The largest absolute Gasteiger partial charge is 0.510 e. The molecule has 0 spiro atoms. The van der Waals surface area contributed by atoms with E-state index in [0.717, 1.165) is 12.0 Å². The Kier molecular flexibility index (Phi) is 7.64. The third-order valence-electron chi connectivity index (χ3n) is 5.43. The third kappa shape index (κ3) is 5.73. The number of benzene rings is 2. The summed E-state index contributed by atoms with van der Waals surface area (Å²) in [4.78, 5) is 14.8.